The van der Waals surface area contributed by atoms with E-state index in [1.807, 2.05) is 0 Å². The first kappa shape index (κ1) is 12.0. The molecule has 2 fully saturated rings. The van der Waals surface area contributed by atoms with E-state index in [0.717, 1.165) is 71.6 Å². The third-order valence-electron chi connectivity index (χ3n) is 3.66. The van der Waals surface area contributed by atoms with Crippen molar-refractivity contribution in [1.29, 1.82) is 0 Å². The van der Waals surface area contributed by atoms with E-state index in [1.54, 1.807) is 0 Å². The monoisotopic (exact) mass is 226 g/mol. The fourth-order valence-corrected chi connectivity index (χ4v) is 2.42. The van der Waals surface area contributed by atoms with E-state index < -0.39 is 0 Å². The number of rotatable bonds is 4. The Morgan fingerprint density at radius 3 is 2.12 bits per heavy atom. The second-order valence-corrected chi connectivity index (χ2v) is 4.77. The first-order valence-electron chi connectivity index (χ1n) is 6.36. The van der Waals surface area contributed by atoms with Crippen LogP contribution in [0.3, 0.4) is 0 Å². The van der Waals surface area contributed by atoms with Crippen molar-refractivity contribution in [3.8, 4) is 0 Å². The SMILES string of the molecule is O=CC1CCN(CCN2CCOCC2)CC1. The highest BCUT2D eigenvalue weighted by atomic mass is 16.5. The van der Waals surface area contributed by atoms with Crippen LogP contribution in [0.2, 0.25) is 0 Å². The molecule has 4 heteroatoms. The molecule has 0 unspecified atom stereocenters. The third-order valence-corrected chi connectivity index (χ3v) is 3.66. The van der Waals surface area contributed by atoms with Crippen LogP contribution < -0.4 is 0 Å². The van der Waals surface area contributed by atoms with Gasteiger partial charge in [0.05, 0.1) is 13.2 Å². The van der Waals surface area contributed by atoms with Crippen LogP contribution in [0.1, 0.15) is 12.8 Å². The molecule has 2 heterocycles. The Balaban J connectivity index is 1.61. The van der Waals surface area contributed by atoms with Gasteiger partial charge in [-0.15, -0.1) is 0 Å². The molecule has 0 atom stereocenters. The predicted molar refractivity (Wildman–Crippen MR) is 62.5 cm³/mol. The smallest absolute Gasteiger partial charge is 0.123 e. The van der Waals surface area contributed by atoms with Crippen LogP contribution >= 0.6 is 0 Å². The molecule has 2 aliphatic heterocycles. The van der Waals surface area contributed by atoms with Crippen molar-refractivity contribution in [2.45, 2.75) is 12.8 Å². The molecule has 0 aromatic rings. The van der Waals surface area contributed by atoms with Gasteiger partial charge in [-0.25, -0.2) is 0 Å². The predicted octanol–water partition coefficient (Wildman–Crippen LogP) is 0.230. The molecule has 92 valence electrons. The van der Waals surface area contributed by atoms with Crippen LogP contribution in [0, 0.1) is 5.92 Å². The van der Waals surface area contributed by atoms with Gasteiger partial charge in [-0.1, -0.05) is 0 Å². The summed E-state index contributed by atoms with van der Waals surface area (Å²) in [5.41, 5.74) is 0. The lowest BCUT2D eigenvalue weighted by molar-refractivity contribution is -0.112. The maximum atomic E-state index is 10.6. The van der Waals surface area contributed by atoms with Crippen LogP contribution in [0.15, 0.2) is 0 Å². The Labute approximate surface area is 97.5 Å². The maximum Gasteiger partial charge on any atom is 0.123 e. The van der Waals surface area contributed by atoms with Gasteiger partial charge in [-0.05, 0) is 25.9 Å². The number of ether oxygens (including phenoxy) is 1. The van der Waals surface area contributed by atoms with Crippen LogP contribution in [0.25, 0.3) is 0 Å². The van der Waals surface area contributed by atoms with Crippen molar-refractivity contribution in [2.24, 2.45) is 5.92 Å². The molecule has 0 aromatic heterocycles. The molecular weight excluding hydrogens is 204 g/mol. The van der Waals surface area contributed by atoms with Crippen molar-refractivity contribution < 1.29 is 9.53 Å². The number of likely N-dealkylation sites (tertiary alicyclic amines) is 1. The highest BCUT2D eigenvalue weighted by Gasteiger charge is 2.19. The Morgan fingerprint density at radius 1 is 1.00 bits per heavy atom. The van der Waals surface area contributed by atoms with Crippen LogP contribution in [0.5, 0.6) is 0 Å². The second-order valence-electron chi connectivity index (χ2n) is 4.77. The zero-order valence-corrected chi connectivity index (χ0v) is 9.94. The highest BCUT2D eigenvalue weighted by molar-refractivity contribution is 5.53. The van der Waals surface area contributed by atoms with Gasteiger partial charge >= 0.3 is 0 Å². The van der Waals surface area contributed by atoms with Gasteiger partial charge in [0.25, 0.3) is 0 Å². The van der Waals surface area contributed by atoms with E-state index in [4.69, 9.17) is 4.74 Å². The minimum Gasteiger partial charge on any atom is -0.379 e. The summed E-state index contributed by atoms with van der Waals surface area (Å²) < 4.78 is 5.33. The molecule has 0 aromatic carbocycles. The summed E-state index contributed by atoms with van der Waals surface area (Å²) in [4.78, 5) is 15.6. The number of carbonyl (C=O) groups is 1. The van der Waals surface area contributed by atoms with Crippen molar-refractivity contribution in [3.63, 3.8) is 0 Å². The van der Waals surface area contributed by atoms with E-state index in [2.05, 4.69) is 9.80 Å². The lowest BCUT2D eigenvalue weighted by Gasteiger charge is -2.33. The molecule has 0 radical (unpaired) electrons. The van der Waals surface area contributed by atoms with Crippen molar-refractivity contribution in [2.75, 3.05) is 52.5 Å². The van der Waals surface area contributed by atoms with Gasteiger partial charge in [0.15, 0.2) is 0 Å². The van der Waals surface area contributed by atoms with Gasteiger partial charge in [0.2, 0.25) is 0 Å². The number of aldehydes is 1. The average molecular weight is 226 g/mol. The summed E-state index contributed by atoms with van der Waals surface area (Å²) in [5, 5.41) is 0. The number of nitrogens with zero attached hydrogens (tertiary/aromatic N) is 2. The minimum absolute atomic E-state index is 0.319. The summed E-state index contributed by atoms with van der Waals surface area (Å²) >= 11 is 0. The van der Waals surface area contributed by atoms with E-state index in [9.17, 15) is 4.79 Å². The second kappa shape index (κ2) is 6.33. The van der Waals surface area contributed by atoms with Crippen molar-refractivity contribution >= 4 is 6.29 Å². The number of piperidine rings is 1. The van der Waals surface area contributed by atoms with Crippen molar-refractivity contribution in [3.05, 3.63) is 0 Å². The molecule has 0 bridgehead atoms. The largest absolute Gasteiger partial charge is 0.379 e. The zero-order valence-electron chi connectivity index (χ0n) is 9.94. The number of hydrogen-bond donors (Lipinski definition) is 0. The Bertz CT molecular complexity index is 209. The normalized spacial score (nSPS) is 25.8. The molecular formula is C12H22N2O2. The molecule has 2 rings (SSSR count). The summed E-state index contributed by atoms with van der Waals surface area (Å²) in [6, 6.07) is 0. The summed E-state index contributed by atoms with van der Waals surface area (Å²) in [6.07, 6.45) is 3.22. The lowest BCUT2D eigenvalue weighted by atomic mass is 9.99. The molecule has 2 saturated heterocycles. The van der Waals surface area contributed by atoms with Gasteiger partial charge in [-0.2, -0.15) is 0 Å². The fourth-order valence-electron chi connectivity index (χ4n) is 2.42. The molecule has 0 amide bonds. The van der Waals surface area contributed by atoms with Gasteiger partial charge in [-0.3, -0.25) is 4.90 Å². The lowest BCUT2D eigenvalue weighted by Crippen LogP contribution is -2.43. The molecule has 0 N–H and O–H groups in total. The molecule has 0 saturated carbocycles. The fraction of sp³-hybridized carbons (Fsp3) is 0.917. The first-order valence-corrected chi connectivity index (χ1v) is 6.36. The summed E-state index contributed by atoms with van der Waals surface area (Å²) in [6.45, 7) is 8.39. The third kappa shape index (κ3) is 3.54. The molecule has 0 spiro atoms. The van der Waals surface area contributed by atoms with Crippen LogP contribution in [-0.2, 0) is 9.53 Å². The van der Waals surface area contributed by atoms with Crippen LogP contribution in [0.4, 0.5) is 0 Å². The van der Waals surface area contributed by atoms with Gasteiger partial charge in [0, 0.05) is 32.1 Å². The number of hydrogen-bond acceptors (Lipinski definition) is 4. The zero-order chi connectivity index (χ0) is 11.2. The first-order chi connectivity index (χ1) is 7.88. The number of morpholine rings is 1. The van der Waals surface area contributed by atoms with E-state index in [-0.39, 0.29) is 0 Å². The van der Waals surface area contributed by atoms with Gasteiger partial charge in [0.1, 0.15) is 6.29 Å². The summed E-state index contributed by atoms with van der Waals surface area (Å²) in [5.74, 6) is 0.319. The molecule has 4 nitrogen and oxygen atoms in total. The highest BCUT2D eigenvalue weighted by Crippen LogP contribution is 2.14. The Hall–Kier alpha value is -0.450. The topological polar surface area (TPSA) is 32.8 Å². The number of carbonyl (C=O) groups excluding carboxylic acids is 1. The summed E-state index contributed by atoms with van der Waals surface area (Å²) in [7, 11) is 0. The quantitative estimate of drug-likeness (QED) is 0.642. The van der Waals surface area contributed by atoms with E-state index >= 15 is 0 Å². The average Bonchev–Trinajstić information content (AvgIpc) is 2.38. The van der Waals surface area contributed by atoms with Crippen LogP contribution in [-0.4, -0.2) is 68.6 Å². The maximum absolute atomic E-state index is 10.6. The van der Waals surface area contributed by atoms with Gasteiger partial charge < -0.3 is 14.4 Å². The van der Waals surface area contributed by atoms with E-state index in [1.165, 1.54) is 0 Å². The standard InChI is InChI=1S/C12H22N2O2/c15-11-12-1-3-13(4-2-12)5-6-14-7-9-16-10-8-14/h11-12H,1-10H2. The minimum atomic E-state index is 0.319. The van der Waals surface area contributed by atoms with Crippen molar-refractivity contribution in [1.82, 2.24) is 9.80 Å². The molecule has 2 aliphatic rings. The molecule has 0 aliphatic carbocycles. The van der Waals surface area contributed by atoms with E-state index in [0.29, 0.717) is 5.92 Å². The molecule has 16 heavy (non-hydrogen) atoms. The Kier molecular flexibility index (Phi) is 4.75. The Morgan fingerprint density at radius 2 is 1.56 bits per heavy atom.